The molecule has 2 heterocycles. The molecule has 5 nitrogen and oxygen atoms in total. The molecule has 0 radical (unpaired) electrons. The molecule has 1 aromatic heterocycles. The zero-order valence-electron chi connectivity index (χ0n) is 13.0. The van der Waals surface area contributed by atoms with Crippen molar-refractivity contribution < 1.29 is 14.2 Å². The zero-order valence-corrected chi connectivity index (χ0v) is 15.4. The lowest BCUT2D eigenvalue weighted by Gasteiger charge is -2.09. The molecule has 0 amide bonds. The second kappa shape index (κ2) is 9.17. The van der Waals surface area contributed by atoms with Gasteiger partial charge >= 0.3 is 0 Å². The average Bonchev–Trinajstić information content (AvgIpc) is 3.11. The van der Waals surface area contributed by atoms with E-state index in [0.717, 1.165) is 42.3 Å². The predicted octanol–water partition coefficient (Wildman–Crippen LogP) is 3.36. The Kier molecular flexibility index (Phi) is 7.91. The van der Waals surface area contributed by atoms with Gasteiger partial charge in [-0.05, 0) is 24.6 Å². The minimum atomic E-state index is 0. The lowest BCUT2D eigenvalue weighted by molar-refractivity contribution is 0.171. The maximum absolute atomic E-state index is 5.42. The lowest BCUT2D eigenvalue weighted by atomic mass is 10.2. The smallest absolute Gasteiger partial charge is 0.231 e. The second-order valence-electron chi connectivity index (χ2n) is 4.84. The summed E-state index contributed by atoms with van der Waals surface area (Å²) in [6, 6.07) is 3.97. The lowest BCUT2D eigenvalue weighted by Crippen LogP contribution is -2.16. The number of aromatic nitrogens is 1. The van der Waals surface area contributed by atoms with E-state index < -0.39 is 0 Å². The molecule has 1 aromatic carbocycles. The maximum Gasteiger partial charge on any atom is 0.231 e. The summed E-state index contributed by atoms with van der Waals surface area (Å²) in [5, 5.41) is 6.67. The summed E-state index contributed by atoms with van der Waals surface area (Å²) in [5.74, 6) is 2.17. The van der Waals surface area contributed by atoms with Crippen LogP contribution in [0.25, 0.3) is 0 Å². The number of methoxy groups -OCH3 is 1. The number of hydrogen-bond acceptors (Lipinski definition) is 6. The highest BCUT2D eigenvalue weighted by Crippen LogP contribution is 2.41. The highest BCUT2D eigenvalue weighted by molar-refractivity contribution is 7.09. The minimum Gasteiger partial charge on any atom is -0.493 e. The van der Waals surface area contributed by atoms with Crippen molar-refractivity contribution in [3.63, 3.8) is 0 Å². The molecule has 0 atom stereocenters. The number of nitrogens with zero attached hydrogens (tertiary/aromatic N) is 1. The van der Waals surface area contributed by atoms with Gasteiger partial charge in [0.1, 0.15) is 0 Å². The number of benzene rings is 1. The van der Waals surface area contributed by atoms with Crippen LogP contribution in [0.15, 0.2) is 17.5 Å². The van der Waals surface area contributed by atoms with Crippen LogP contribution in [0.2, 0.25) is 0 Å². The molecule has 1 aliphatic heterocycles. The molecule has 0 fully saturated rings. The molecule has 0 bridgehead atoms. The van der Waals surface area contributed by atoms with Crippen LogP contribution in [0.1, 0.15) is 16.3 Å². The quantitative estimate of drug-likeness (QED) is 0.780. The van der Waals surface area contributed by atoms with Gasteiger partial charge < -0.3 is 19.5 Å². The summed E-state index contributed by atoms with van der Waals surface area (Å²) >= 11 is 1.71. The first-order chi connectivity index (χ1) is 10.3. The maximum atomic E-state index is 5.42. The van der Waals surface area contributed by atoms with Crippen molar-refractivity contribution >= 4 is 36.2 Å². The fourth-order valence-electron chi connectivity index (χ4n) is 2.23. The number of thiazole rings is 1. The van der Waals surface area contributed by atoms with Crippen molar-refractivity contribution in [1.29, 1.82) is 0 Å². The third kappa shape index (κ3) is 4.88. The van der Waals surface area contributed by atoms with Crippen LogP contribution in [0.5, 0.6) is 17.2 Å². The Bertz CT molecular complexity index is 637. The second-order valence-corrected chi connectivity index (χ2v) is 5.78. The van der Waals surface area contributed by atoms with E-state index in [9.17, 15) is 0 Å². The number of nitrogens with one attached hydrogen (secondary N) is 1. The molecule has 128 valence electrons. The molecule has 0 spiro atoms. The minimum absolute atomic E-state index is 0. The number of halogens is 2. The Labute approximate surface area is 152 Å². The monoisotopic (exact) mass is 378 g/mol. The van der Waals surface area contributed by atoms with E-state index in [0.29, 0.717) is 5.75 Å². The molecule has 0 saturated carbocycles. The van der Waals surface area contributed by atoms with Gasteiger partial charge in [0, 0.05) is 30.6 Å². The molecular formula is C15H20Cl2N2O3S. The molecule has 3 rings (SSSR count). The highest BCUT2D eigenvalue weighted by Gasteiger charge is 2.19. The molecular weight excluding hydrogens is 359 g/mol. The van der Waals surface area contributed by atoms with E-state index in [1.54, 1.807) is 18.4 Å². The van der Waals surface area contributed by atoms with Gasteiger partial charge in [0.2, 0.25) is 12.5 Å². The standard InChI is InChI=1S/C15H18N2O3S.2ClH/c1-10-8-21-14(17-10)3-4-16-7-11-5-12(18-2)15-13(6-11)19-9-20-15;;/h5-6,8,16H,3-4,7,9H2,1-2H3;2*1H. The van der Waals surface area contributed by atoms with E-state index in [4.69, 9.17) is 14.2 Å². The molecule has 1 N–H and O–H groups in total. The van der Waals surface area contributed by atoms with Crippen molar-refractivity contribution in [3.05, 3.63) is 33.8 Å². The molecule has 23 heavy (non-hydrogen) atoms. The van der Waals surface area contributed by atoms with Crippen molar-refractivity contribution in [1.82, 2.24) is 10.3 Å². The third-order valence-corrected chi connectivity index (χ3v) is 4.26. The Morgan fingerprint density at radius 2 is 2.13 bits per heavy atom. The van der Waals surface area contributed by atoms with Gasteiger partial charge in [0.05, 0.1) is 12.1 Å². The summed E-state index contributed by atoms with van der Waals surface area (Å²) in [5.41, 5.74) is 2.21. The van der Waals surface area contributed by atoms with Crippen LogP contribution in [-0.2, 0) is 13.0 Å². The predicted molar refractivity (Wildman–Crippen MR) is 95.9 cm³/mol. The van der Waals surface area contributed by atoms with Crippen LogP contribution in [0.3, 0.4) is 0 Å². The van der Waals surface area contributed by atoms with E-state index in [1.165, 1.54) is 5.01 Å². The Morgan fingerprint density at radius 3 is 2.83 bits per heavy atom. The summed E-state index contributed by atoms with van der Waals surface area (Å²) < 4.78 is 16.1. The molecule has 0 unspecified atom stereocenters. The van der Waals surface area contributed by atoms with Crippen LogP contribution in [-0.4, -0.2) is 25.4 Å². The van der Waals surface area contributed by atoms with Gasteiger partial charge in [-0.15, -0.1) is 36.2 Å². The van der Waals surface area contributed by atoms with Crippen LogP contribution in [0.4, 0.5) is 0 Å². The first kappa shape index (κ1) is 19.8. The van der Waals surface area contributed by atoms with E-state index in [1.807, 2.05) is 19.1 Å². The van der Waals surface area contributed by atoms with E-state index >= 15 is 0 Å². The molecule has 0 saturated heterocycles. The van der Waals surface area contributed by atoms with Crippen molar-refractivity contribution in [2.24, 2.45) is 0 Å². The van der Waals surface area contributed by atoms with Gasteiger partial charge in [0.15, 0.2) is 11.5 Å². The summed E-state index contributed by atoms with van der Waals surface area (Å²) in [4.78, 5) is 4.45. The highest BCUT2D eigenvalue weighted by atomic mass is 35.5. The largest absolute Gasteiger partial charge is 0.493 e. The van der Waals surface area contributed by atoms with Gasteiger partial charge in [-0.1, -0.05) is 0 Å². The van der Waals surface area contributed by atoms with Crippen molar-refractivity contribution in [2.45, 2.75) is 19.9 Å². The zero-order chi connectivity index (χ0) is 14.7. The van der Waals surface area contributed by atoms with Gasteiger partial charge in [0.25, 0.3) is 0 Å². The average molecular weight is 379 g/mol. The molecule has 8 heteroatoms. The Morgan fingerprint density at radius 1 is 1.30 bits per heavy atom. The van der Waals surface area contributed by atoms with Crippen LogP contribution < -0.4 is 19.5 Å². The topological polar surface area (TPSA) is 52.6 Å². The Hall–Kier alpha value is -1.21. The van der Waals surface area contributed by atoms with Gasteiger partial charge in [-0.2, -0.15) is 0 Å². The molecule has 2 aromatic rings. The van der Waals surface area contributed by atoms with Crippen LogP contribution >= 0.6 is 36.2 Å². The van der Waals surface area contributed by atoms with E-state index in [2.05, 4.69) is 15.7 Å². The molecule has 0 aliphatic carbocycles. The van der Waals surface area contributed by atoms with Crippen molar-refractivity contribution in [2.75, 3.05) is 20.4 Å². The number of ether oxygens (including phenoxy) is 3. The fraction of sp³-hybridized carbons (Fsp3) is 0.400. The van der Waals surface area contributed by atoms with E-state index in [-0.39, 0.29) is 31.6 Å². The normalized spacial score (nSPS) is 11.6. The van der Waals surface area contributed by atoms with Gasteiger partial charge in [-0.3, -0.25) is 0 Å². The summed E-state index contributed by atoms with van der Waals surface area (Å²) in [6.07, 6.45) is 0.945. The number of fused-ring (bicyclic) bond motifs is 1. The summed E-state index contributed by atoms with van der Waals surface area (Å²) in [6.45, 7) is 3.93. The van der Waals surface area contributed by atoms with Crippen LogP contribution in [0, 0.1) is 6.92 Å². The Balaban J connectivity index is 0.00000132. The molecule has 1 aliphatic rings. The third-order valence-electron chi connectivity index (χ3n) is 3.23. The SMILES string of the molecule is COc1cc(CNCCc2nc(C)cs2)cc2c1OCO2.Cl.Cl. The first-order valence-corrected chi connectivity index (χ1v) is 7.72. The fourth-order valence-corrected chi connectivity index (χ4v) is 3.01. The number of rotatable bonds is 6. The van der Waals surface area contributed by atoms with Crippen molar-refractivity contribution in [3.8, 4) is 17.2 Å². The first-order valence-electron chi connectivity index (χ1n) is 6.84. The number of hydrogen-bond donors (Lipinski definition) is 1. The summed E-state index contributed by atoms with van der Waals surface area (Å²) in [7, 11) is 1.64. The van der Waals surface area contributed by atoms with Gasteiger partial charge in [-0.25, -0.2) is 4.98 Å². The number of aryl methyl sites for hydroxylation is 1.